The molecule has 1 nitrogen and oxygen atoms in total. The van der Waals surface area contributed by atoms with Gasteiger partial charge in [0.2, 0.25) is 0 Å². The van der Waals surface area contributed by atoms with Crippen LogP contribution >= 0.6 is 0 Å². The molecule has 1 aromatic carbocycles. The molecule has 0 aliphatic heterocycles. The summed E-state index contributed by atoms with van der Waals surface area (Å²) in [5.41, 5.74) is 3.84. The smallest absolute Gasteiger partial charge is 0.0233 e. The van der Waals surface area contributed by atoms with Crippen molar-refractivity contribution in [3.63, 3.8) is 0 Å². The van der Waals surface area contributed by atoms with Gasteiger partial charge in [0.15, 0.2) is 0 Å². The van der Waals surface area contributed by atoms with E-state index in [0.717, 1.165) is 6.54 Å². The number of rotatable bonds is 5. The monoisotopic (exact) mass is 231 g/mol. The molecule has 1 heteroatoms. The van der Waals surface area contributed by atoms with Gasteiger partial charge in [-0.15, -0.1) is 0 Å². The van der Waals surface area contributed by atoms with Crippen molar-refractivity contribution in [3.8, 4) is 0 Å². The molecule has 0 spiro atoms. The maximum Gasteiger partial charge on any atom is 0.0233 e. The fourth-order valence-electron chi connectivity index (χ4n) is 1.63. The Labute approximate surface area is 106 Å². The Morgan fingerprint density at radius 3 is 2.06 bits per heavy atom. The lowest BCUT2D eigenvalue weighted by Gasteiger charge is -2.21. The molecule has 17 heavy (non-hydrogen) atoms. The predicted molar refractivity (Wildman–Crippen MR) is 76.9 cm³/mol. The van der Waals surface area contributed by atoms with Gasteiger partial charge in [-0.2, -0.15) is 0 Å². The van der Waals surface area contributed by atoms with Gasteiger partial charge in [0, 0.05) is 12.6 Å². The zero-order chi connectivity index (χ0) is 13.0. The van der Waals surface area contributed by atoms with E-state index >= 15 is 0 Å². The van der Waals surface area contributed by atoms with Crippen LogP contribution in [-0.4, -0.2) is 18.0 Å². The average Bonchev–Trinajstić information content (AvgIpc) is 2.28. The molecule has 0 heterocycles. The minimum Gasteiger partial charge on any atom is -0.300 e. The molecular weight excluding hydrogens is 206 g/mol. The molecule has 0 saturated carbocycles. The van der Waals surface area contributed by atoms with Crippen LogP contribution in [0, 0.1) is 5.92 Å². The quantitative estimate of drug-likeness (QED) is 0.734. The van der Waals surface area contributed by atoms with Crippen LogP contribution in [0.5, 0.6) is 0 Å². The van der Waals surface area contributed by atoms with E-state index in [-0.39, 0.29) is 0 Å². The Kier molecular flexibility index (Phi) is 4.95. The van der Waals surface area contributed by atoms with Gasteiger partial charge in [-0.05, 0) is 43.5 Å². The Bertz CT molecular complexity index is 360. The summed E-state index contributed by atoms with van der Waals surface area (Å²) >= 11 is 0. The van der Waals surface area contributed by atoms with Crippen molar-refractivity contribution < 1.29 is 0 Å². The van der Waals surface area contributed by atoms with Gasteiger partial charge in [0.25, 0.3) is 0 Å². The summed E-state index contributed by atoms with van der Waals surface area (Å²) < 4.78 is 0. The summed E-state index contributed by atoms with van der Waals surface area (Å²) in [5.74, 6) is 0.513. The van der Waals surface area contributed by atoms with Crippen molar-refractivity contribution in [3.05, 3.63) is 42.0 Å². The number of nitrogens with zero attached hydrogens (tertiary/aromatic N) is 1. The van der Waals surface area contributed by atoms with Crippen molar-refractivity contribution in [2.75, 3.05) is 7.05 Å². The Balaban J connectivity index is 2.72. The summed E-state index contributed by atoms with van der Waals surface area (Å²) in [6, 6.07) is 9.38. The first-order valence-electron chi connectivity index (χ1n) is 6.40. The van der Waals surface area contributed by atoms with Crippen molar-refractivity contribution in [2.24, 2.45) is 5.92 Å². The minimum absolute atomic E-state index is 0.513. The van der Waals surface area contributed by atoms with Crippen molar-refractivity contribution >= 4 is 5.57 Å². The summed E-state index contributed by atoms with van der Waals surface area (Å²) in [6.45, 7) is 13.9. The Morgan fingerprint density at radius 2 is 1.65 bits per heavy atom. The van der Waals surface area contributed by atoms with Crippen LogP contribution in [0.4, 0.5) is 0 Å². The lowest BCUT2D eigenvalue weighted by Crippen LogP contribution is -2.25. The van der Waals surface area contributed by atoms with Crippen LogP contribution in [0.3, 0.4) is 0 Å². The molecule has 94 valence electrons. The van der Waals surface area contributed by atoms with Gasteiger partial charge in [0.05, 0.1) is 0 Å². The van der Waals surface area contributed by atoms with E-state index in [1.807, 2.05) is 0 Å². The van der Waals surface area contributed by atoms with Crippen LogP contribution < -0.4 is 0 Å². The molecular formula is C16H25N. The highest BCUT2D eigenvalue weighted by molar-refractivity contribution is 5.64. The molecule has 0 fully saturated rings. The summed E-state index contributed by atoms with van der Waals surface area (Å²) in [7, 11) is 2.16. The van der Waals surface area contributed by atoms with Gasteiger partial charge in [-0.25, -0.2) is 0 Å². The first-order valence-corrected chi connectivity index (χ1v) is 6.40. The van der Waals surface area contributed by atoms with Gasteiger partial charge in [0.1, 0.15) is 0 Å². The largest absolute Gasteiger partial charge is 0.300 e. The van der Waals surface area contributed by atoms with Gasteiger partial charge < -0.3 is 0 Å². The molecule has 0 atom stereocenters. The topological polar surface area (TPSA) is 3.24 Å². The second-order valence-electron chi connectivity index (χ2n) is 5.39. The average molecular weight is 231 g/mol. The molecule has 0 aromatic heterocycles. The van der Waals surface area contributed by atoms with E-state index in [2.05, 4.69) is 70.5 Å². The Hall–Kier alpha value is -1.08. The van der Waals surface area contributed by atoms with Gasteiger partial charge in [-0.3, -0.25) is 4.90 Å². The highest BCUT2D eigenvalue weighted by Crippen LogP contribution is 2.21. The van der Waals surface area contributed by atoms with Crippen LogP contribution in [0.15, 0.2) is 30.8 Å². The zero-order valence-electron chi connectivity index (χ0n) is 11.8. The van der Waals surface area contributed by atoms with Gasteiger partial charge >= 0.3 is 0 Å². The minimum atomic E-state index is 0.513. The molecule has 0 N–H and O–H groups in total. The van der Waals surface area contributed by atoms with E-state index in [1.165, 1.54) is 16.7 Å². The maximum absolute atomic E-state index is 4.13. The molecule has 0 amide bonds. The summed E-state index contributed by atoms with van der Waals surface area (Å²) in [4.78, 5) is 2.34. The fourth-order valence-corrected chi connectivity index (χ4v) is 1.63. The van der Waals surface area contributed by atoms with Crippen LogP contribution in [-0.2, 0) is 6.54 Å². The highest BCUT2D eigenvalue weighted by Gasteiger charge is 2.06. The summed E-state index contributed by atoms with van der Waals surface area (Å²) in [6.07, 6.45) is 0. The highest BCUT2D eigenvalue weighted by atomic mass is 15.1. The number of hydrogen-bond acceptors (Lipinski definition) is 1. The third-order valence-corrected chi connectivity index (χ3v) is 3.34. The third-order valence-electron chi connectivity index (χ3n) is 3.34. The van der Waals surface area contributed by atoms with Crippen LogP contribution in [0.2, 0.25) is 0 Å². The van der Waals surface area contributed by atoms with E-state index in [9.17, 15) is 0 Å². The molecule has 0 aliphatic carbocycles. The van der Waals surface area contributed by atoms with Gasteiger partial charge in [-0.1, -0.05) is 44.7 Å². The van der Waals surface area contributed by atoms with Crippen LogP contribution in [0.1, 0.15) is 38.8 Å². The standard InChI is InChI=1S/C16H25N/c1-12(2)14(5)16-9-7-15(8-10-16)11-17(6)13(3)4/h7-10,12-13H,5,11H2,1-4,6H3. The zero-order valence-corrected chi connectivity index (χ0v) is 11.8. The second kappa shape index (κ2) is 6.02. The normalized spacial score (nSPS) is 11.5. The maximum atomic E-state index is 4.13. The lowest BCUT2D eigenvalue weighted by molar-refractivity contribution is 0.266. The van der Waals surface area contributed by atoms with E-state index in [4.69, 9.17) is 0 Å². The van der Waals surface area contributed by atoms with Crippen molar-refractivity contribution in [1.82, 2.24) is 4.90 Å². The second-order valence-corrected chi connectivity index (χ2v) is 5.39. The van der Waals surface area contributed by atoms with E-state index in [0.29, 0.717) is 12.0 Å². The van der Waals surface area contributed by atoms with Crippen LogP contribution in [0.25, 0.3) is 5.57 Å². The van der Waals surface area contributed by atoms with E-state index < -0.39 is 0 Å². The fraction of sp³-hybridized carbons (Fsp3) is 0.500. The Morgan fingerprint density at radius 1 is 1.12 bits per heavy atom. The molecule has 0 aliphatic rings. The van der Waals surface area contributed by atoms with E-state index in [1.54, 1.807) is 0 Å². The number of hydrogen-bond donors (Lipinski definition) is 0. The predicted octanol–water partition coefficient (Wildman–Crippen LogP) is 4.20. The third kappa shape index (κ3) is 4.01. The lowest BCUT2D eigenvalue weighted by atomic mass is 9.96. The molecule has 0 radical (unpaired) electrons. The SMILES string of the molecule is C=C(c1ccc(CN(C)C(C)C)cc1)C(C)C. The number of benzene rings is 1. The molecule has 0 unspecified atom stereocenters. The number of allylic oxidation sites excluding steroid dienone is 1. The molecule has 1 rings (SSSR count). The first kappa shape index (κ1) is 14.0. The molecule has 1 aromatic rings. The van der Waals surface area contributed by atoms with Crippen molar-refractivity contribution in [1.29, 1.82) is 0 Å². The first-order chi connectivity index (χ1) is 7.91. The molecule has 0 saturated heterocycles. The summed E-state index contributed by atoms with van der Waals surface area (Å²) in [5, 5.41) is 0. The van der Waals surface area contributed by atoms with Crippen molar-refractivity contribution in [2.45, 2.75) is 40.3 Å². The molecule has 0 bridgehead atoms.